The number of hydrogen-bond donors (Lipinski definition) is 1. The number of thioether (sulfide) groups is 1. The van der Waals surface area contributed by atoms with Gasteiger partial charge in [-0.2, -0.15) is 11.8 Å². The zero-order chi connectivity index (χ0) is 11.5. The second kappa shape index (κ2) is 4.57. The summed E-state index contributed by atoms with van der Waals surface area (Å²) in [6, 6.07) is 4.98. The van der Waals surface area contributed by atoms with Crippen molar-refractivity contribution in [3.05, 3.63) is 34.3 Å². The number of carbonyl (C=O) groups is 1. The number of ketones is 1. The van der Waals surface area contributed by atoms with E-state index in [2.05, 4.69) is 4.98 Å². The summed E-state index contributed by atoms with van der Waals surface area (Å²) in [5.41, 5.74) is 1.66. The lowest BCUT2D eigenvalue weighted by molar-refractivity contribution is 0.0989. The van der Waals surface area contributed by atoms with Gasteiger partial charge in [0.25, 0.3) is 0 Å². The Bertz CT molecular complexity index is 570. The summed E-state index contributed by atoms with van der Waals surface area (Å²) >= 11 is 1.64. The van der Waals surface area contributed by atoms with Crippen LogP contribution in [0, 0.1) is 0 Å². The molecule has 0 unspecified atom stereocenters. The van der Waals surface area contributed by atoms with Crippen molar-refractivity contribution in [1.82, 2.24) is 4.98 Å². The van der Waals surface area contributed by atoms with Crippen LogP contribution >= 0.6 is 11.8 Å². The number of hydrogen-bond acceptors (Lipinski definition) is 4. The minimum Gasteiger partial charge on any atom is -0.408 e. The zero-order valence-corrected chi connectivity index (χ0v) is 9.60. The smallest absolute Gasteiger partial charge is 0.408 e. The molecule has 4 nitrogen and oxygen atoms in total. The van der Waals surface area contributed by atoms with Gasteiger partial charge < -0.3 is 4.42 Å². The number of aromatic nitrogens is 1. The van der Waals surface area contributed by atoms with Gasteiger partial charge in [-0.25, -0.2) is 4.79 Å². The van der Waals surface area contributed by atoms with Gasteiger partial charge in [0.2, 0.25) is 0 Å². The van der Waals surface area contributed by atoms with Gasteiger partial charge in [0.15, 0.2) is 11.4 Å². The van der Waals surface area contributed by atoms with E-state index in [9.17, 15) is 9.59 Å². The van der Waals surface area contributed by atoms with Gasteiger partial charge in [-0.1, -0.05) is 0 Å². The number of benzene rings is 1. The van der Waals surface area contributed by atoms with Crippen LogP contribution in [0.2, 0.25) is 0 Å². The van der Waals surface area contributed by atoms with E-state index in [-0.39, 0.29) is 5.78 Å². The maximum atomic E-state index is 11.7. The molecule has 0 bridgehead atoms. The molecule has 2 aromatic rings. The normalized spacial score (nSPS) is 10.8. The van der Waals surface area contributed by atoms with E-state index in [4.69, 9.17) is 4.42 Å². The highest BCUT2D eigenvalue weighted by Gasteiger charge is 2.08. The van der Waals surface area contributed by atoms with Gasteiger partial charge in [-0.3, -0.25) is 9.78 Å². The predicted molar refractivity (Wildman–Crippen MR) is 64.2 cm³/mol. The lowest BCUT2D eigenvalue weighted by Gasteiger charge is -1.99. The lowest BCUT2D eigenvalue weighted by atomic mass is 10.1. The first-order valence-corrected chi connectivity index (χ1v) is 6.25. The molecule has 0 fully saturated rings. The van der Waals surface area contributed by atoms with E-state index >= 15 is 0 Å². The highest BCUT2D eigenvalue weighted by atomic mass is 32.2. The molecule has 0 radical (unpaired) electrons. The molecular weight excluding hydrogens is 226 g/mol. The molecule has 0 amide bonds. The molecule has 1 heterocycles. The zero-order valence-electron chi connectivity index (χ0n) is 8.78. The fourth-order valence-corrected chi connectivity index (χ4v) is 1.85. The van der Waals surface area contributed by atoms with E-state index < -0.39 is 5.76 Å². The van der Waals surface area contributed by atoms with Crippen molar-refractivity contribution in [2.75, 3.05) is 12.0 Å². The Kier molecular flexibility index (Phi) is 3.14. The average molecular weight is 237 g/mol. The lowest BCUT2D eigenvalue weighted by Crippen LogP contribution is -2.00. The van der Waals surface area contributed by atoms with Gasteiger partial charge in [0.1, 0.15) is 0 Å². The quantitative estimate of drug-likeness (QED) is 0.827. The minimum absolute atomic E-state index is 0.0818. The molecule has 0 atom stereocenters. The van der Waals surface area contributed by atoms with Gasteiger partial charge in [0, 0.05) is 17.7 Å². The first-order valence-electron chi connectivity index (χ1n) is 4.86. The molecule has 84 valence electrons. The number of H-pyrrole nitrogens is 1. The molecule has 0 aliphatic rings. The van der Waals surface area contributed by atoms with Gasteiger partial charge in [-0.15, -0.1) is 0 Å². The highest BCUT2D eigenvalue weighted by Crippen LogP contribution is 2.14. The topological polar surface area (TPSA) is 63.1 Å². The Labute approximate surface area is 96.0 Å². The number of rotatable bonds is 4. The molecule has 0 spiro atoms. The summed E-state index contributed by atoms with van der Waals surface area (Å²) in [4.78, 5) is 25.2. The Hall–Kier alpha value is -1.49. The highest BCUT2D eigenvalue weighted by molar-refractivity contribution is 7.98. The first-order chi connectivity index (χ1) is 7.70. The number of oxazole rings is 1. The van der Waals surface area contributed by atoms with Crippen molar-refractivity contribution in [1.29, 1.82) is 0 Å². The largest absolute Gasteiger partial charge is 0.417 e. The van der Waals surface area contributed by atoms with Gasteiger partial charge in [0.05, 0.1) is 5.52 Å². The molecule has 0 aliphatic heterocycles. The Balaban J connectivity index is 2.31. The molecule has 2 rings (SSSR count). The van der Waals surface area contributed by atoms with Crippen LogP contribution in [0.3, 0.4) is 0 Å². The summed E-state index contributed by atoms with van der Waals surface area (Å²) in [7, 11) is 0. The number of fused-ring (bicyclic) bond motifs is 1. The number of Topliss-reactive ketones (excluding diaryl/α,β-unsaturated/α-hetero) is 1. The summed E-state index contributed by atoms with van der Waals surface area (Å²) in [5, 5.41) is 0. The van der Waals surface area contributed by atoms with E-state index in [1.165, 1.54) is 0 Å². The van der Waals surface area contributed by atoms with Crippen LogP contribution in [-0.4, -0.2) is 22.8 Å². The van der Waals surface area contributed by atoms with Crippen LogP contribution in [0.1, 0.15) is 16.8 Å². The van der Waals surface area contributed by atoms with E-state index in [0.29, 0.717) is 23.1 Å². The fraction of sp³-hybridized carbons (Fsp3) is 0.273. The van der Waals surface area contributed by atoms with Crippen LogP contribution in [0.4, 0.5) is 0 Å². The molecule has 0 saturated heterocycles. The fourth-order valence-electron chi connectivity index (χ4n) is 1.46. The summed E-state index contributed by atoms with van der Waals surface area (Å²) in [6.45, 7) is 0. The van der Waals surface area contributed by atoms with Crippen molar-refractivity contribution in [2.24, 2.45) is 0 Å². The third kappa shape index (κ3) is 2.19. The minimum atomic E-state index is -0.497. The molecular formula is C11H11NO3S. The van der Waals surface area contributed by atoms with Crippen LogP contribution < -0.4 is 5.76 Å². The molecule has 1 aromatic carbocycles. The van der Waals surface area contributed by atoms with Crippen LogP contribution in [-0.2, 0) is 0 Å². The van der Waals surface area contributed by atoms with Crippen molar-refractivity contribution < 1.29 is 9.21 Å². The average Bonchev–Trinajstić information content (AvgIpc) is 2.64. The molecule has 1 N–H and O–H groups in total. The maximum absolute atomic E-state index is 11.7. The standard InChI is InChI=1S/C11H11NO3S/c1-16-5-4-9(13)7-2-3-10-8(6-7)12-11(14)15-10/h2-3,6H,4-5H2,1H3,(H,12,14). The molecule has 1 aromatic heterocycles. The van der Waals surface area contributed by atoms with Gasteiger partial charge in [-0.05, 0) is 24.5 Å². The second-order valence-corrected chi connectivity index (χ2v) is 4.38. The number of nitrogens with one attached hydrogen (secondary N) is 1. The maximum Gasteiger partial charge on any atom is 0.417 e. The predicted octanol–water partition coefficient (Wildman–Crippen LogP) is 2.06. The van der Waals surface area contributed by atoms with Crippen molar-refractivity contribution in [3.63, 3.8) is 0 Å². The van der Waals surface area contributed by atoms with E-state index in [0.717, 1.165) is 5.75 Å². The molecule has 16 heavy (non-hydrogen) atoms. The third-order valence-electron chi connectivity index (χ3n) is 2.27. The van der Waals surface area contributed by atoms with Crippen molar-refractivity contribution in [2.45, 2.75) is 6.42 Å². The number of aromatic amines is 1. The summed E-state index contributed by atoms with van der Waals surface area (Å²) in [5.74, 6) is 0.390. The Morgan fingerprint density at radius 3 is 3.06 bits per heavy atom. The van der Waals surface area contributed by atoms with Gasteiger partial charge >= 0.3 is 5.76 Å². The molecule has 0 saturated carbocycles. The van der Waals surface area contributed by atoms with E-state index in [1.807, 2.05) is 6.26 Å². The Morgan fingerprint density at radius 1 is 1.50 bits per heavy atom. The van der Waals surface area contributed by atoms with E-state index in [1.54, 1.807) is 30.0 Å². The molecule has 5 heteroatoms. The van der Waals surface area contributed by atoms with Crippen molar-refractivity contribution in [3.8, 4) is 0 Å². The summed E-state index contributed by atoms with van der Waals surface area (Å²) in [6.07, 6.45) is 2.47. The first kappa shape index (κ1) is 11.0. The van der Waals surface area contributed by atoms with Crippen LogP contribution in [0.25, 0.3) is 11.1 Å². The summed E-state index contributed by atoms with van der Waals surface area (Å²) < 4.78 is 4.86. The second-order valence-electron chi connectivity index (χ2n) is 3.39. The monoisotopic (exact) mass is 237 g/mol. The third-order valence-corrected chi connectivity index (χ3v) is 2.89. The van der Waals surface area contributed by atoms with Crippen LogP contribution in [0.15, 0.2) is 27.4 Å². The SMILES string of the molecule is CSCCC(=O)c1ccc2oc(=O)[nH]c2c1. The van der Waals surface area contributed by atoms with Crippen molar-refractivity contribution >= 4 is 28.6 Å². The number of carbonyl (C=O) groups excluding carboxylic acids is 1. The Morgan fingerprint density at radius 2 is 2.31 bits per heavy atom. The molecule has 0 aliphatic carbocycles. The van der Waals surface area contributed by atoms with Crippen LogP contribution in [0.5, 0.6) is 0 Å².